The zero-order valence-electron chi connectivity index (χ0n) is 15.3. The first-order chi connectivity index (χ1) is 12.8. The fraction of sp³-hybridized carbons (Fsp3) is 0.222. The standard InChI is InChI=1S/C18H20ClN3O4S/c1-11(23)21(2)12-5-7-13(8-6-12)22(27)18(24)20-15-9-14(19)16(25-3)10-17(15)26-4/h5-10,27H,1-4H3,(H,20,24). The minimum atomic E-state index is -0.509. The van der Waals surface area contributed by atoms with Crippen LogP contribution in [0.25, 0.3) is 0 Å². The summed E-state index contributed by atoms with van der Waals surface area (Å²) in [5, 5.41) is 3.02. The smallest absolute Gasteiger partial charge is 0.336 e. The molecule has 0 spiro atoms. The Labute approximate surface area is 168 Å². The van der Waals surface area contributed by atoms with Crippen LogP contribution in [0.2, 0.25) is 5.02 Å². The maximum absolute atomic E-state index is 12.5. The number of carbonyl (C=O) groups is 2. The number of rotatable bonds is 5. The van der Waals surface area contributed by atoms with Crippen molar-refractivity contribution in [3.63, 3.8) is 0 Å². The van der Waals surface area contributed by atoms with E-state index in [1.807, 2.05) is 0 Å². The van der Waals surface area contributed by atoms with Gasteiger partial charge in [-0.25, -0.2) is 9.10 Å². The van der Waals surface area contributed by atoms with Crippen LogP contribution < -0.4 is 24.0 Å². The third-order valence-corrected chi connectivity index (χ3v) is 4.57. The number of halogens is 1. The molecule has 7 nitrogen and oxygen atoms in total. The first-order valence-electron chi connectivity index (χ1n) is 7.84. The maximum atomic E-state index is 12.5. The fourth-order valence-electron chi connectivity index (χ4n) is 2.24. The summed E-state index contributed by atoms with van der Waals surface area (Å²) in [5.74, 6) is 0.732. The van der Waals surface area contributed by atoms with E-state index in [-0.39, 0.29) is 5.91 Å². The summed E-state index contributed by atoms with van der Waals surface area (Å²) in [6.07, 6.45) is 0. The topological polar surface area (TPSA) is 71.1 Å². The van der Waals surface area contributed by atoms with Gasteiger partial charge in [0.25, 0.3) is 0 Å². The molecule has 2 aromatic carbocycles. The van der Waals surface area contributed by atoms with Gasteiger partial charge in [0.1, 0.15) is 11.5 Å². The molecular formula is C18H20ClN3O4S. The Balaban J connectivity index is 2.18. The molecule has 0 bridgehead atoms. The molecule has 2 rings (SSSR count). The van der Waals surface area contributed by atoms with Crippen LogP contribution in [0.1, 0.15) is 6.92 Å². The Kier molecular flexibility index (Phi) is 6.81. The van der Waals surface area contributed by atoms with E-state index in [0.29, 0.717) is 33.6 Å². The SMILES string of the molecule is COc1cc(OC)c(NC(=O)N(S)c2ccc(N(C)C(C)=O)cc2)cc1Cl. The lowest BCUT2D eigenvalue weighted by Gasteiger charge is -2.20. The Morgan fingerprint density at radius 2 is 1.59 bits per heavy atom. The normalized spacial score (nSPS) is 10.1. The van der Waals surface area contributed by atoms with Crippen molar-refractivity contribution in [2.24, 2.45) is 0 Å². The predicted octanol–water partition coefficient (Wildman–Crippen LogP) is 4.22. The van der Waals surface area contributed by atoms with Gasteiger partial charge in [-0.3, -0.25) is 4.79 Å². The zero-order chi connectivity index (χ0) is 20.1. The van der Waals surface area contributed by atoms with Crippen LogP contribution in [-0.4, -0.2) is 33.2 Å². The second-order valence-electron chi connectivity index (χ2n) is 5.52. The van der Waals surface area contributed by atoms with Crippen LogP contribution in [-0.2, 0) is 4.79 Å². The molecule has 0 aliphatic rings. The molecule has 1 N–H and O–H groups in total. The lowest BCUT2D eigenvalue weighted by atomic mass is 10.2. The van der Waals surface area contributed by atoms with E-state index in [1.165, 1.54) is 32.1 Å². The number of nitrogens with one attached hydrogen (secondary N) is 1. The number of anilines is 3. The number of ether oxygens (including phenoxy) is 2. The fourth-order valence-corrected chi connectivity index (χ4v) is 2.67. The second kappa shape index (κ2) is 8.88. The molecule has 0 unspecified atom stereocenters. The number of urea groups is 1. The Bertz CT molecular complexity index is 845. The van der Waals surface area contributed by atoms with Gasteiger partial charge in [-0.1, -0.05) is 24.4 Å². The van der Waals surface area contributed by atoms with Crippen molar-refractivity contribution in [1.29, 1.82) is 0 Å². The molecule has 2 aromatic rings. The molecule has 0 saturated heterocycles. The maximum Gasteiger partial charge on any atom is 0.336 e. The predicted molar refractivity (Wildman–Crippen MR) is 111 cm³/mol. The molecule has 0 radical (unpaired) electrons. The van der Waals surface area contributed by atoms with Gasteiger partial charge in [0.05, 0.1) is 30.6 Å². The molecule has 0 heterocycles. The van der Waals surface area contributed by atoms with Crippen molar-refractivity contribution in [3.8, 4) is 11.5 Å². The van der Waals surface area contributed by atoms with Crippen LogP contribution in [0.4, 0.5) is 21.9 Å². The number of hydrogen-bond donors (Lipinski definition) is 2. The van der Waals surface area contributed by atoms with Gasteiger partial charge in [-0.05, 0) is 30.3 Å². The first-order valence-corrected chi connectivity index (χ1v) is 8.62. The summed E-state index contributed by atoms with van der Waals surface area (Å²) in [6, 6.07) is 9.40. The number of hydrogen-bond acceptors (Lipinski definition) is 5. The molecule has 0 aromatic heterocycles. The van der Waals surface area contributed by atoms with Crippen LogP contribution in [0.3, 0.4) is 0 Å². The van der Waals surface area contributed by atoms with Crippen molar-refractivity contribution in [1.82, 2.24) is 0 Å². The Morgan fingerprint density at radius 1 is 1.04 bits per heavy atom. The highest BCUT2D eigenvalue weighted by Gasteiger charge is 2.17. The van der Waals surface area contributed by atoms with Gasteiger partial charge in [0.2, 0.25) is 5.91 Å². The van der Waals surface area contributed by atoms with Gasteiger partial charge >= 0.3 is 6.03 Å². The van der Waals surface area contributed by atoms with E-state index in [4.69, 9.17) is 21.1 Å². The summed E-state index contributed by atoms with van der Waals surface area (Å²) < 4.78 is 11.5. The molecule has 3 amide bonds. The van der Waals surface area contributed by atoms with Crippen LogP contribution in [0, 0.1) is 0 Å². The van der Waals surface area contributed by atoms with Gasteiger partial charge in [-0.15, -0.1) is 0 Å². The summed E-state index contributed by atoms with van der Waals surface area (Å²) in [4.78, 5) is 25.4. The molecular weight excluding hydrogens is 390 g/mol. The minimum Gasteiger partial charge on any atom is -0.495 e. The molecule has 9 heteroatoms. The zero-order valence-corrected chi connectivity index (χ0v) is 17.0. The van der Waals surface area contributed by atoms with E-state index in [0.717, 1.165) is 4.31 Å². The third-order valence-electron chi connectivity index (χ3n) is 3.86. The third kappa shape index (κ3) is 4.78. The van der Waals surface area contributed by atoms with E-state index in [2.05, 4.69) is 18.1 Å². The van der Waals surface area contributed by atoms with Crippen molar-refractivity contribution >= 4 is 53.4 Å². The Morgan fingerprint density at radius 3 is 2.11 bits per heavy atom. The van der Waals surface area contributed by atoms with Crippen molar-refractivity contribution in [3.05, 3.63) is 41.4 Å². The molecule has 27 heavy (non-hydrogen) atoms. The van der Waals surface area contributed by atoms with Crippen molar-refractivity contribution < 1.29 is 19.1 Å². The van der Waals surface area contributed by atoms with Crippen molar-refractivity contribution in [2.75, 3.05) is 35.8 Å². The van der Waals surface area contributed by atoms with Crippen LogP contribution in [0.15, 0.2) is 36.4 Å². The molecule has 0 aliphatic carbocycles. The average molecular weight is 410 g/mol. The number of benzene rings is 2. The van der Waals surface area contributed by atoms with E-state index < -0.39 is 6.03 Å². The van der Waals surface area contributed by atoms with E-state index in [9.17, 15) is 9.59 Å². The van der Waals surface area contributed by atoms with E-state index >= 15 is 0 Å². The average Bonchev–Trinajstić information content (AvgIpc) is 2.67. The minimum absolute atomic E-state index is 0.0910. The number of carbonyl (C=O) groups excluding carboxylic acids is 2. The molecule has 0 atom stereocenters. The summed E-state index contributed by atoms with van der Waals surface area (Å²) in [6.45, 7) is 1.47. The van der Waals surface area contributed by atoms with Crippen LogP contribution in [0.5, 0.6) is 11.5 Å². The first kappa shape index (κ1) is 20.7. The lowest BCUT2D eigenvalue weighted by Crippen LogP contribution is -2.27. The van der Waals surface area contributed by atoms with Crippen LogP contribution >= 0.6 is 24.4 Å². The number of nitrogens with zero attached hydrogens (tertiary/aromatic N) is 2. The van der Waals surface area contributed by atoms with Gasteiger partial charge in [0.15, 0.2) is 0 Å². The van der Waals surface area contributed by atoms with E-state index in [1.54, 1.807) is 37.4 Å². The van der Waals surface area contributed by atoms with Gasteiger partial charge in [0, 0.05) is 25.7 Å². The summed E-state index contributed by atoms with van der Waals surface area (Å²) in [7, 11) is 4.63. The molecule has 0 fully saturated rings. The Hall–Kier alpha value is -2.58. The summed E-state index contributed by atoms with van der Waals surface area (Å²) >= 11 is 10.4. The second-order valence-corrected chi connectivity index (χ2v) is 6.33. The molecule has 0 aliphatic heterocycles. The molecule has 144 valence electrons. The number of thiol groups is 1. The highest BCUT2D eigenvalue weighted by Crippen LogP contribution is 2.36. The van der Waals surface area contributed by atoms with Gasteiger partial charge < -0.3 is 19.7 Å². The monoisotopic (exact) mass is 409 g/mol. The molecule has 0 saturated carbocycles. The quantitative estimate of drug-likeness (QED) is 0.725. The summed E-state index contributed by atoms with van der Waals surface area (Å²) in [5.41, 5.74) is 1.60. The largest absolute Gasteiger partial charge is 0.495 e. The highest BCUT2D eigenvalue weighted by molar-refractivity contribution is 7.82. The van der Waals surface area contributed by atoms with Crippen molar-refractivity contribution in [2.45, 2.75) is 6.92 Å². The number of methoxy groups -OCH3 is 2. The highest BCUT2D eigenvalue weighted by atomic mass is 35.5. The lowest BCUT2D eigenvalue weighted by molar-refractivity contribution is -0.116. The number of amides is 3. The van der Waals surface area contributed by atoms with Gasteiger partial charge in [-0.2, -0.15) is 0 Å².